The number of hydrogen-bond donors (Lipinski definition) is 2. The van der Waals surface area contributed by atoms with Crippen molar-refractivity contribution in [2.24, 2.45) is 5.73 Å². The van der Waals surface area contributed by atoms with E-state index in [9.17, 15) is 9.59 Å². The lowest BCUT2D eigenvalue weighted by Crippen LogP contribution is -2.49. The number of carbonyl (C=O) groups excluding carboxylic acids is 2. The van der Waals surface area contributed by atoms with Crippen molar-refractivity contribution in [3.8, 4) is 5.75 Å². The summed E-state index contributed by atoms with van der Waals surface area (Å²) < 4.78 is 5.81. The van der Waals surface area contributed by atoms with Crippen LogP contribution in [0.1, 0.15) is 20.3 Å². The summed E-state index contributed by atoms with van der Waals surface area (Å²) in [6, 6.07) is 8.42. The molecule has 3 amide bonds. The molecule has 2 atom stereocenters. The number of nitrogens with two attached hydrogens (primary N) is 1. The molecule has 1 heterocycles. The van der Waals surface area contributed by atoms with Crippen LogP contribution >= 0.6 is 0 Å². The molecule has 2 rings (SSSR count). The molecular weight excluding hydrogens is 270 g/mol. The largest absolute Gasteiger partial charge is 0.488 e. The molecule has 0 spiro atoms. The highest BCUT2D eigenvalue weighted by molar-refractivity contribution is 5.86. The van der Waals surface area contributed by atoms with Crippen molar-refractivity contribution >= 4 is 11.9 Å². The Morgan fingerprint density at radius 2 is 2.00 bits per heavy atom. The molecule has 6 heteroatoms. The van der Waals surface area contributed by atoms with E-state index in [0.717, 1.165) is 5.75 Å². The normalized spacial score (nSPS) is 21.4. The first-order valence-corrected chi connectivity index (χ1v) is 7.05. The van der Waals surface area contributed by atoms with Crippen LogP contribution in [0.25, 0.3) is 0 Å². The van der Waals surface area contributed by atoms with Gasteiger partial charge in [-0.1, -0.05) is 18.2 Å². The summed E-state index contributed by atoms with van der Waals surface area (Å²) in [4.78, 5) is 25.1. The zero-order valence-corrected chi connectivity index (χ0v) is 12.3. The van der Waals surface area contributed by atoms with Gasteiger partial charge < -0.3 is 20.7 Å². The molecule has 0 saturated carbocycles. The van der Waals surface area contributed by atoms with E-state index in [0.29, 0.717) is 13.0 Å². The summed E-state index contributed by atoms with van der Waals surface area (Å²) in [7, 11) is 0. The Morgan fingerprint density at radius 1 is 1.33 bits per heavy atom. The van der Waals surface area contributed by atoms with Gasteiger partial charge in [0.25, 0.3) is 0 Å². The van der Waals surface area contributed by atoms with E-state index in [1.807, 2.05) is 44.2 Å². The Kier molecular flexibility index (Phi) is 4.67. The third-order valence-electron chi connectivity index (χ3n) is 3.31. The Morgan fingerprint density at radius 3 is 2.57 bits per heavy atom. The Bertz CT molecular complexity index is 504. The summed E-state index contributed by atoms with van der Waals surface area (Å²) >= 11 is 0. The molecule has 0 aliphatic carbocycles. The van der Waals surface area contributed by atoms with E-state index in [-0.39, 0.29) is 18.2 Å². The van der Waals surface area contributed by atoms with Gasteiger partial charge in [-0.2, -0.15) is 0 Å². The van der Waals surface area contributed by atoms with Crippen molar-refractivity contribution in [2.75, 3.05) is 6.54 Å². The minimum Gasteiger partial charge on any atom is -0.488 e. The maximum atomic E-state index is 12.1. The number of carbonyl (C=O) groups is 2. The van der Waals surface area contributed by atoms with Crippen molar-refractivity contribution in [1.29, 1.82) is 0 Å². The Hall–Kier alpha value is -2.24. The predicted molar refractivity (Wildman–Crippen MR) is 78.8 cm³/mol. The van der Waals surface area contributed by atoms with E-state index in [4.69, 9.17) is 10.5 Å². The van der Waals surface area contributed by atoms with Crippen LogP contribution in [0.2, 0.25) is 0 Å². The third kappa shape index (κ3) is 3.87. The van der Waals surface area contributed by atoms with Gasteiger partial charge in [0.15, 0.2) is 0 Å². The van der Waals surface area contributed by atoms with E-state index in [1.54, 1.807) is 0 Å². The lowest BCUT2D eigenvalue weighted by Gasteiger charge is -2.23. The molecule has 1 aliphatic heterocycles. The number of nitrogens with zero attached hydrogens (tertiary/aromatic N) is 1. The van der Waals surface area contributed by atoms with Crippen LogP contribution in [0.4, 0.5) is 4.79 Å². The number of likely N-dealkylation sites (tertiary alicyclic amines) is 1. The monoisotopic (exact) mass is 291 g/mol. The minimum absolute atomic E-state index is 0.000109. The van der Waals surface area contributed by atoms with E-state index < -0.39 is 11.9 Å². The fraction of sp³-hybridized carbons (Fsp3) is 0.467. The van der Waals surface area contributed by atoms with Crippen LogP contribution in [0, 0.1) is 0 Å². The van der Waals surface area contributed by atoms with Crippen LogP contribution < -0.4 is 15.8 Å². The summed E-state index contributed by atoms with van der Waals surface area (Å²) in [5.74, 6) is 0.213. The first-order chi connectivity index (χ1) is 9.97. The van der Waals surface area contributed by atoms with Gasteiger partial charge in [0.1, 0.15) is 17.9 Å². The summed E-state index contributed by atoms with van der Waals surface area (Å²) in [6.45, 7) is 4.08. The van der Waals surface area contributed by atoms with Crippen molar-refractivity contribution in [3.63, 3.8) is 0 Å². The Labute approximate surface area is 124 Å². The van der Waals surface area contributed by atoms with Gasteiger partial charge in [-0.3, -0.25) is 4.79 Å². The first-order valence-electron chi connectivity index (χ1n) is 7.05. The van der Waals surface area contributed by atoms with Crippen molar-refractivity contribution in [2.45, 2.75) is 38.5 Å². The smallest absolute Gasteiger partial charge is 0.318 e. The van der Waals surface area contributed by atoms with Crippen LogP contribution in [0.3, 0.4) is 0 Å². The lowest BCUT2D eigenvalue weighted by molar-refractivity contribution is -0.121. The first kappa shape index (κ1) is 15.2. The van der Waals surface area contributed by atoms with Crippen LogP contribution in [0.15, 0.2) is 30.3 Å². The second-order valence-electron chi connectivity index (χ2n) is 5.46. The average molecular weight is 291 g/mol. The van der Waals surface area contributed by atoms with Gasteiger partial charge in [0, 0.05) is 12.5 Å². The predicted octanol–water partition coefficient (Wildman–Crippen LogP) is 1.11. The van der Waals surface area contributed by atoms with E-state index >= 15 is 0 Å². The number of primary amides is 1. The second-order valence-corrected chi connectivity index (χ2v) is 5.46. The standard InChI is InChI=1S/C15H21N3O3/c1-10(2)17-15(20)18-9-12(8-13(18)14(16)19)21-11-6-4-3-5-7-11/h3-7,10,12-13H,8-9H2,1-2H3,(H2,16,19)(H,17,20)/t12-,13-/m0/s1. The maximum Gasteiger partial charge on any atom is 0.318 e. The Balaban J connectivity index is 2.04. The van der Waals surface area contributed by atoms with Crippen LogP contribution in [-0.4, -0.2) is 41.6 Å². The van der Waals surface area contributed by atoms with Gasteiger partial charge in [0.05, 0.1) is 6.54 Å². The minimum atomic E-state index is -0.627. The molecule has 3 N–H and O–H groups in total. The second kappa shape index (κ2) is 6.47. The quantitative estimate of drug-likeness (QED) is 0.871. The number of urea groups is 1. The molecule has 114 valence electrons. The number of nitrogens with one attached hydrogen (secondary N) is 1. The number of ether oxygens (including phenoxy) is 1. The fourth-order valence-electron chi connectivity index (χ4n) is 2.40. The number of amides is 3. The van der Waals surface area contributed by atoms with Crippen LogP contribution in [0.5, 0.6) is 5.75 Å². The molecule has 6 nitrogen and oxygen atoms in total. The summed E-state index contributed by atoms with van der Waals surface area (Å²) in [5.41, 5.74) is 5.40. The molecule has 1 aromatic carbocycles. The molecule has 1 aliphatic rings. The molecule has 1 fully saturated rings. The molecule has 21 heavy (non-hydrogen) atoms. The molecule has 1 aromatic rings. The van der Waals surface area contributed by atoms with Crippen molar-refractivity contribution in [1.82, 2.24) is 10.2 Å². The number of hydrogen-bond acceptors (Lipinski definition) is 3. The van der Waals surface area contributed by atoms with Crippen molar-refractivity contribution < 1.29 is 14.3 Å². The van der Waals surface area contributed by atoms with E-state index in [2.05, 4.69) is 5.32 Å². The zero-order valence-electron chi connectivity index (χ0n) is 12.3. The van der Waals surface area contributed by atoms with E-state index in [1.165, 1.54) is 4.90 Å². The fourth-order valence-corrected chi connectivity index (χ4v) is 2.40. The molecule has 1 saturated heterocycles. The van der Waals surface area contributed by atoms with Gasteiger partial charge in [-0.05, 0) is 26.0 Å². The average Bonchev–Trinajstić information content (AvgIpc) is 2.83. The topological polar surface area (TPSA) is 84.7 Å². The van der Waals surface area contributed by atoms with Crippen LogP contribution in [-0.2, 0) is 4.79 Å². The van der Waals surface area contributed by atoms with Gasteiger partial charge >= 0.3 is 6.03 Å². The zero-order chi connectivity index (χ0) is 15.4. The molecule has 0 unspecified atom stereocenters. The molecule has 0 radical (unpaired) electrons. The number of para-hydroxylation sites is 1. The highest BCUT2D eigenvalue weighted by Crippen LogP contribution is 2.23. The number of rotatable bonds is 4. The van der Waals surface area contributed by atoms with Gasteiger partial charge in [0.2, 0.25) is 5.91 Å². The molecular formula is C15H21N3O3. The molecule has 0 bridgehead atoms. The summed E-state index contributed by atoms with van der Waals surface area (Å²) in [5, 5.41) is 2.78. The van der Waals surface area contributed by atoms with Gasteiger partial charge in [-0.25, -0.2) is 4.79 Å². The lowest BCUT2D eigenvalue weighted by atomic mass is 10.2. The highest BCUT2D eigenvalue weighted by Gasteiger charge is 2.39. The molecule has 0 aromatic heterocycles. The highest BCUT2D eigenvalue weighted by atomic mass is 16.5. The maximum absolute atomic E-state index is 12.1. The number of benzene rings is 1. The summed E-state index contributed by atoms with van der Waals surface area (Å²) in [6.07, 6.45) is 0.179. The van der Waals surface area contributed by atoms with Crippen molar-refractivity contribution in [3.05, 3.63) is 30.3 Å². The van der Waals surface area contributed by atoms with Gasteiger partial charge in [-0.15, -0.1) is 0 Å². The third-order valence-corrected chi connectivity index (χ3v) is 3.31. The SMILES string of the molecule is CC(C)NC(=O)N1C[C@@H](Oc2ccccc2)C[C@H]1C(N)=O.